The summed E-state index contributed by atoms with van der Waals surface area (Å²) in [7, 11) is 0. The first-order valence-electron chi connectivity index (χ1n) is 6.65. The van der Waals surface area contributed by atoms with Gasteiger partial charge in [0.2, 0.25) is 0 Å². The molecule has 1 atom stereocenters. The number of rotatable bonds is 5. The van der Waals surface area contributed by atoms with Gasteiger partial charge in [-0.15, -0.1) is 11.3 Å². The Hall–Kier alpha value is -0.670. The molecule has 0 radical (unpaired) electrons. The highest BCUT2D eigenvalue weighted by Crippen LogP contribution is 2.35. The zero-order chi connectivity index (χ0) is 13.9. The van der Waals surface area contributed by atoms with Crippen molar-refractivity contribution in [1.29, 1.82) is 0 Å². The van der Waals surface area contributed by atoms with E-state index in [0.717, 1.165) is 18.2 Å². The number of aryl methyl sites for hydroxylation is 2. The van der Waals surface area contributed by atoms with Crippen LogP contribution in [0.4, 0.5) is 0 Å². The lowest BCUT2D eigenvalue weighted by molar-refractivity contribution is 0.463. The van der Waals surface area contributed by atoms with Crippen LogP contribution in [0.2, 0.25) is 0 Å². The third kappa shape index (κ3) is 3.09. The second-order valence-electron chi connectivity index (χ2n) is 5.06. The van der Waals surface area contributed by atoms with Crippen LogP contribution in [0.5, 0.6) is 0 Å². The lowest BCUT2D eigenvalue weighted by Gasteiger charge is -2.30. The van der Waals surface area contributed by atoms with Crippen molar-refractivity contribution in [2.45, 2.75) is 39.0 Å². The molecule has 1 heterocycles. The zero-order valence-corrected chi connectivity index (χ0v) is 14.1. The summed E-state index contributed by atoms with van der Waals surface area (Å²) in [5.41, 5.74) is 2.73. The summed E-state index contributed by atoms with van der Waals surface area (Å²) in [5.74, 6) is 0. The van der Waals surface area contributed by atoms with Crippen LogP contribution in [0.3, 0.4) is 0 Å². The molecular formula is C16H20BrNS. The van der Waals surface area contributed by atoms with Crippen molar-refractivity contribution in [2.75, 3.05) is 5.33 Å². The van der Waals surface area contributed by atoms with Crippen molar-refractivity contribution in [3.8, 4) is 0 Å². The number of aromatic nitrogens is 1. The maximum atomic E-state index is 4.71. The molecule has 0 bridgehead atoms. The maximum absolute atomic E-state index is 4.71. The number of alkyl halides is 1. The second kappa shape index (κ2) is 6.19. The minimum Gasteiger partial charge on any atom is -0.246 e. The number of nitrogens with zero attached hydrogens (tertiary/aromatic N) is 1. The van der Waals surface area contributed by atoms with Crippen LogP contribution < -0.4 is 0 Å². The second-order valence-corrected chi connectivity index (χ2v) is 6.91. The summed E-state index contributed by atoms with van der Waals surface area (Å²) >= 11 is 5.56. The van der Waals surface area contributed by atoms with Crippen molar-refractivity contribution in [2.24, 2.45) is 0 Å². The van der Waals surface area contributed by atoms with Gasteiger partial charge < -0.3 is 0 Å². The van der Waals surface area contributed by atoms with E-state index in [1.165, 1.54) is 21.1 Å². The fourth-order valence-corrected chi connectivity index (χ4v) is 4.34. The Morgan fingerprint density at radius 1 is 1.21 bits per heavy atom. The number of benzene rings is 1. The highest BCUT2D eigenvalue weighted by molar-refractivity contribution is 9.09. The highest BCUT2D eigenvalue weighted by atomic mass is 79.9. The molecule has 19 heavy (non-hydrogen) atoms. The van der Waals surface area contributed by atoms with Crippen molar-refractivity contribution in [3.63, 3.8) is 0 Å². The maximum Gasteiger partial charge on any atom is 0.0940 e. The van der Waals surface area contributed by atoms with E-state index in [0.29, 0.717) is 0 Å². The van der Waals surface area contributed by atoms with Gasteiger partial charge in [0.15, 0.2) is 0 Å². The van der Waals surface area contributed by atoms with Crippen molar-refractivity contribution < 1.29 is 0 Å². The smallest absolute Gasteiger partial charge is 0.0940 e. The lowest BCUT2D eigenvalue weighted by atomic mass is 9.77. The van der Waals surface area contributed by atoms with Gasteiger partial charge in [0, 0.05) is 22.0 Å². The molecule has 0 aliphatic heterocycles. The van der Waals surface area contributed by atoms with Crippen LogP contribution in [-0.4, -0.2) is 10.3 Å². The molecule has 0 fully saturated rings. The largest absolute Gasteiger partial charge is 0.246 e. The van der Waals surface area contributed by atoms with Gasteiger partial charge in [-0.25, -0.2) is 4.98 Å². The molecule has 2 aromatic rings. The summed E-state index contributed by atoms with van der Waals surface area (Å²) in [6.07, 6.45) is 2.12. The summed E-state index contributed by atoms with van der Waals surface area (Å²) in [6.45, 7) is 6.52. The van der Waals surface area contributed by atoms with Gasteiger partial charge in [-0.1, -0.05) is 53.2 Å². The summed E-state index contributed by atoms with van der Waals surface area (Å²) < 4.78 is 0. The molecule has 1 aromatic heterocycles. The minimum atomic E-state index is 0.151. The molecule has 0 amide bonds. The van der Waals surface area contributed by atoms with Gasteiger partial charge in [-0.3, -0.25) is 0 Å². The van der Waals surface area contributed by atoms with Crippen LogP contribution in [0.15, 0.2) is 30.3 Å². The number of thiazole rings is 1. The molecule has 0 aliphatic carbocycles. The third-order valence-electron chi connectivity index (χ3n) is 3.88. The predicted molar refractivity (Wildman–Crippen MR) is 87.5 cm³/mol. The summed E-state index contributed by atoms with van der Waals surface area (Å²) in [5, 5.41) is 2.22. The first-order valence-corrected chi connectivity index (χ1v) is 8.59. The van der Waals surface area contributed by atoms with Crippen molar-refractivity contribution in [1.82, 2.24) is 4.98 Å². The Balaban J connectivity index is 2.35. The fourth-order valence-electron chi connectivity index (χ4n) is 2.35. The van der Waals surface area contributed by atoms with Gasteiger partial charge in [0.1, 0.15) is 0 Å². The average Bonchev–Trinajstić information content (AvgIpc) is 2.76. The topological polar surface area (TPSA) is 12.9 Å². The molecule has 1 nitrogen and oxygen atoms in total. The standard InChI is InChI=1S/C16H20BrNS/c1-4-16(11-17,14-8-6-5-7-9-14)10-15-18-12(2)13(3)19-15/h5-9H,4,10-11H2,1-3H3. The van der Waals surface area contributed by atoms with Crippen LogP contribution in [0.25, 0.3) is 0 Å². The van der Waals surface area contributed by atoms with Gasteiger partial charge in [-0.2, -0.15) is 0 Å². The molecule has 1 unspecified atom stereocenters. The number of hydrogen-bond acceptors (Lipinski definition) is 2. The first kappa shape index (κ1) is 14.7. The van der Waals surface area contributed by atoms with Crippen LogP contribution in [0, 0.1) is 13.8 Å². The molecule has 0 spiro atoms. The minimum absolute atomic E-state index is 0.151. The summed E-state index contributed by atoms with van der Waals surface area (Å²) in [6, 6.07) is 10.8. The third-order valence-corrected chi connectivity index (χ3v) is 6.03. The normalized spacial score (nSPS) is 14.3. The van der Waals surface area contributed by atoms with E-state index in [1.807, 2.05) is 11.3 Å². The molecular weight excluding hydrogens is 318 g/mol. The van der Waals surface area contributed by atoms with E-state index in [2.05, 4.69) is 67.0 Å². The highest BCUT2D eigenvalue weighted by Gasteiger charge is 2.30. The number of hydrogen-bond donors (Lipinski definition) is 0. The van der Waals surface area contributed by atoms with E-state index < -0.39 is 0 Å². The molecule has 0 aliphatic rings. The molecule has 102 valence electrons. The average molecular weight is 338 g/mol. The van der Waals surface area contributed by atoms with Gasteiger partial charge in [0.05, 0.1) is 10.7 Å². The van der Waals surface area contributed by atoms with Crippen LogP contribution in [0.1, 0.15) is 34.5 Å². The SMILES string of the molecule is CCC(CBr)(Cc1nc(C)c(C)s1)c1ccccc1. The van der Waals surface area contributed by atoms with E-state index >= 15 is 0 Å². The molecule has 1 aromatic carbocycles. The summed E-state index contributed by atoms with van der Waals surface area (Å²) in [4.78, 5) is 6.05. The first-order chi connectivity index (χ1) is 9.11. The lowest BCUT2D eigenvalue weighted by Crippen LogP contribution is -2.30. The van der Waals surface area contributed by atoms with Gasteiger partial charge in [-0.05, 0) is 25.8 Å². The fraction of sp³-hybridized carbons (Fsp3) is 0.438. The zero-order valence-electron chi connectivity index (χ0n) is 11.7. The van der Waals surface area contributed by atoms with E-state index in [-0.39, 0.29) is 5.41 Å². The Kier molecular flexibility index (Phi) is 4.80. The molecule has 3 heteroatoms. The van der Waals surface area contributed by atoms with Crippen LogP contribution in [-0.2, 0) is 11.8 Å². The van der Waals surface area contributed by atoms with Crippen LogP contribution >= 0.6 is 27.3 Å². The molecule has 0 saturated heterocycles. The Bertz CT molecular complexity index is 509. The van der Waals surface area contributed by atoms with E-state index in [9.17, 15) is 0 Å². The van der Waals surface area contributed by atoms with Crippen molar-refractivity contribution >= 4 is 27.3 Å². The quantitative estimate of drug-likeness (QED) is 0.696. The monoisotopic (exact) mass is 337 g/mol. The number of halogens is 1. The Labute approximate surface area is 128 Å². The Morgan fingerprint density at radius 3 is 2.37 bits per heavy atom. The van der Waals surface area contributed by atoms with E-state index in [4.69, 9.17) is 4.98 Å². The predicted octanol–water partition coefficient (Wildman–Crippen LogP) is 5.05. The van der Waals surface area contributed by atoms with Gasteiger partial charge >= 0.3 is 0 Å². The molecule has 0 saturated carbocycles. The van der Waals surface area contributed by atoms with E-state index in [1.54, 1.807) is 0 Å². The molecule has 0 N–H and O–H groups in total. The molecule has 2 rings (SSSR count). The van der Waals surface area contributed by atoms with Crippen molar-refractivity contribution in [3.05, 3.63) is 51.5 Å². The van der Waals surface area contributed by atoms with Gasteiger partial charge in [0.25, 0.3) is 0 Å². The Morgan fingerprint density at radius 2 is 1.89 bits per heavy atom.